The topological polar surface area (TPSA) is 17.1 Å². The first-order chi connectivity index (χ1) is 8.08. The van der Waals surface area contributed by atoms with Crippen LogP contribution in [0.5, 0.6) is 0 Å². The van der Waals surface area contributed by atoms with Crippen molar-refractivity contribution in [3.05, 3.63) is 55.2 Å². The van der Waals surface area contributed by atoms with Gasteiger partial charge in [0.1, 0.15) is 0 Å². The van der Waals surface area contributed by atoms with E-state index in [0.717, 1.165) is 0 Å². The van der Waals surface area contributed by atoms with Crippen LogP contribution < -0.4 is 0 Å². The van der Waals surface area contributed by atoms with Crippen LogP contribution >= 0.6 is 46.1 Å². The molecule has 0 aliphatic heterocycles. The fourth-order valence-corrected chi connectivity index (χ4v) is 2.90. The average Bonchev–Trinajstić information content (AvgIpc) is 2.70. The first-order valence-electron chi connectivity index (χ1n) is 4.78. The highest BCUT2D eigenvalue weighted by molar-refractivity contribution is 7.12. The van der Waals surface area contributed by atoms with Crippen molar-refractivity contribution in [3.63, 3.8) is 0 Å². The number of ketones is 1. The van der Waals surface area contributed by atoms with Gasteiger partial charge in [0, 0.05) is 16.5 Å². The Balaban J connectivity index is 2.24. The van der Waals surface area contributed by atoms with Crippen molar-refractivity contribution in [2.45, 2.75) is 6.42 Å². The maximum atomic E-state index is 12.0. The van der Waals surface area contributed by atoms with Crippen LogP contribution in [0, 0.1) is 0 Å². The molecule has 1 aromatic carbocycles. The summed E-state index contributed by atoms with van der Waals surface area (Å²) in [4.78, 5) is 12.5. The molecule has 0 saturated carbocycles. The molecule has 0 N–H and O–H groups in total. The lowest BCUT2D eigenvalue weighted by molar-refractivity contribution is 0.0997. The Kier molecular flexibility index (Phi) is 4.10. The molecule has 0 spiro atoms. The number of hydrogen-bond donors (Lipinski definition) is 0. The Morgan fingerprint density at radius 2 is 1.88 bits per heavy atom. The second-order valence-electron chi connectivity index (χ2n) is 3.43. The highest BCUT2D eigenvalue weighted by Gasteiger charge is 2.14. The minimum atomic E-state index is -0.0471. The summed E-state index contributed by atoms with van der Waals surface area (Å²) in [5, 5.41) is 3.37. The van der Waals surface area contributed by atoms with Crippen LogP contribution in [-0.2, 0) is 6.42 Å². The Hall–Kier alpha value is -0.540. The van der Waals surface area contributed by atoms with Crippen LogP contribution in [0.25, 0.3) is 0 Å². The molecular weight excluding hydrogens is 299 g/mol. The van der Waals surface area contributed by atoms with Gasteiger partial charge in [-0.1, -0.05) is 34.8 Å². The standard InChI is InChI=1S/C12H7Cl3OS/c13-8-1-2-9(14)7(5-8)6-11(16)12-10(15)3-4-17-12/h1-5H,6H2. The lowest BCUT2D eigenvalue weighted by Crippen LogP contribution is -2.02. The average molecular weight is 306 g/mol. The van der Waals surface area contributed by atoms with E-state index >= 15 is 0 Å². The molecule has 1 nitrogen and oxygen atoms in total. The molecule has 0 atom stereocenters. The SMILES string of the molecule is O=C(Cc1cc(Cl)ccc1Cl)c1sccc1Cl. The maximum Gasteiger partial charge on any atom is 0.178 e. The minimum absolute atomic E-state index is 0.0471. The Bertz CT molecular complexity index is 563. The molecule has 2 aromatic rings. The summed E-state index contributed by atoms with van der Waals surface area (Å²) >= 11 is 19.1. The second kappa shape index (κ2) is 5.40. The van der Waals surface area contributed by atoms with Crippen LogP contribution in [0.4, 0.5) is 0 Å². The molecule has 0 aliphatic rings. The molecule has 17 heavy (non-hydrogen) atoms. The van der Waals surface area contributed by atoms with Crippen molar-refractivity contribution in [3.8, 4) is 0 Å². The Morgan fingerprint density at radius 1 is 1.12 bits per heavy atom. The van der Waals surface area contributed by atoms with Gasteiger partial charge in [0.15, 0.2) is 5.78 Å². The predicted octanol–water partition coefficient (Wildman–Crippen LogP) is 5.13. The molecule has 1 aromatic heterocycles. The summed E-state index contributed by atoms with van der Waals surface area (Å²) in [7, 11) is 0. The monoisotopic (exact) mass is 304 g/mol. The molecule has 5 heteroatoms. The highest BCUT2D eigenvalue weighted by Crippen LogP contribution is 2.26. The third kappa shape index (κ3) is 3.02. The largest absolute Gasteiger partial charge is 0.293 e. The lowest BCUT2D eigenvalue weighted by Gasteiger charge is -2.03. The van der Waals surface area contributed by atoms with Crippen molar-refractivity contribution in [2.75, 3.05) is 0 Å². The zero-order chi connectivity index (χ0) is 12.4. The third-order valence-corrected chi connectivity index (χ3v) is 4.22. The van der Waals surface area contributed by atoms with Crippen LogP contribution in [0.2, 0.25) is 15.1 Å². The van der Waals surface area contributed by atoms with Crippen molar-refractivity contribution >= 4 is 51.9 Å². The quantitative estimate of drug-likeness (QED) is 0.718. The van der Waals surface area contributed by atoms with Gasteiger partial charge in [0.2, 0.25) is 0 Å². The van der Waals surface area contributed by atoms with Crippen molar-refractivity contribution < 1.29 is 4.79 Å². The fourth-order valence-electron chi connectivity index (χ4n) is 1.42. The first kappa shape index (κ1) is 12.9. The molecular formula is C12H7Cl3OS. The summed E-state index contributed by atoms with van der Waals surface area (Å²) < 4.78 is 0. The smallest absolute Gasteiger partial charge is 0.178 e. The summed E-state index contributed by atoms with van der Waals surface area (Å²) in [5.41, 5.74) is 0.716. The summed E-state index contributed by atoms with van der Waals surface area (Å²) in [5.74, 6) is -0.0471. The van der Waals surface area contributed by atoms with Gasteiger partial charge in [-0.15, -0.1) is 11.3 Å². The van der Waals surface area contributed by atoms with Gasteiger partial charge in [-0.3, -0.25) is 4.79 Å². The van der Waals surface area contributed by atoms with E-state index in [1.165, 1.54) is 11.3 Å². The van der Waals surface area contributed by atoms with E-state index in [0.29, 0.717) is 25.5 Å². The van der Waals surface area contributed by atoms with Crippen molar-refractivity contribution in [1.29, 1.82) is 0 Å². The third-order valence-electron chi connectivity index (χ3n) is 2.23. The summed E-state index contributed by atoms with van der Waals surface area (Å²) in [6, 6.07) is 6.78. The number of hydrogen-bond acceptors (Lipinski definition) is 2. The van der Waals surface area contributed by atoms with E-state index in [2.05, 4.69) is 0 Å². The number of Topliss-reactive ketones (excluding diaryl/α,β-unsaturated/α-hetero) is 1. The van der Waals surface area contributed by atoms with E-state index in [4.69, 9.17) is 34.8 Å². The molecule has 0 radical (unpaired) electrons. The molecule has 0 aliphatic carbocycles. The van der Waals surface area contributed by atoms with E-state index in [1.807, 2.05) is 0 Å². The minimum Gasteiger partial charge on any atom is -0.293 e. The van der Waals surface area contributed by atoms with Crippen LogP contribution in [-0.4, -0.2) is 5.78 Å². The van der Waals surface area contributed by atoms with Gasteiger partial charge in [0.05, 0.1) is 9.90 Å². The summed E-state index contributed by atoms with van der Waals surface area (Å²) in [6.45, 7) is 0. The van der Waals surface area contributed by atoms with Crippen molar-refractivity contribution in [2.24, 2.45) is 0 Å². The van der Waals surface area contributed by atoms with Gasteiger partial charge in [0.25, 0.3) is 0 Å². The lowest BCUT2D eigenvalue weighted by atomic mass is 10.1. The Labute approximate surface area is 118 Å². The van der Waals surface area contributed by atoms with Crippen LogP contribution in [0.15, 0.2) is 29.6 Å². The first-order valence-corrected chi connectivity index (χ1v) is 6.79. The van der Waals surface area contributed by atoms with Crippen LogP contribution in [0.3, 0.4) is 0 Å². The van der Waals surface area contributed by atoms with Gasteiger partial charge in [-0.05, 0) is 35.2 Å². The van der Waals surface area contributed by atoms with E-state index in [1.54, 1.807) is 29.6 Å². The van der Waals surface area contributed by atoms with Gasteiger partial charge < -0.3 is 0 Å². The summed E-state index contributed by atoms with van der Waals surface area (Å²) in [6.07, 6.45) is 0.208. The number of carbonyl (C=O) groups excluding carboxylic acids is 1. The highest BCUT2D eigenvalue weighted by atomic mass is 35.5. The molecule has 1 heterocycles. The molecule has 0 unspecified atom stereocenters. The molecule has 2 rings (SSSR count). The number of halogens is 3. The molecule has 0 amide bonds. The molecule has 88 valence electrons. The number of carbonyl (C=O) groups is 1. The normalized spacial score (nSPS) is 10.5. The molecule has 0 saturated heterocycles. The van der Waals surface area contributed by atoms with Crippen LogP contribution in [0.1, 0.15) is 15.2 Å². The van der Waals surface area contributed by atoms with E-state index < -0.39 is 0 Å². The van der Waals surface area contributed by atoms with Gasteiger partial charge >= 0.3 is 0 Å². The number of rotatable bonds is 3. The van der Waals surface area contributed by atoms with Gasteiger partial charge in [-0.25, -0.2) is 0 Å². The second-order valence-corrected chi connectivity index (χ2v) is 5.60. The zero-order valence-corrected chi connectivity index (χ0v) is 11.6. The zero-order valence-electron chi connectivity index (χ0n) is 8.54. The molecule has 0 bridgehead atoms. The van der Waals surface area contributed by atoms with Crippen molar-refractivity contribution in [1.82, 2.24) is 0 Å². The molecule has 0 fully saturated rings. The predicted molar refractivity (Wildman–Crippen MR) is 73.8 cm³/mol. The number of benzene rings is 1. The Morgan fingerprint density at radius 3 is 2.53 bits per heavy atom. The van der Waals surface area contributed by atoms with E-state index in [-0.39, 0.29) is 12.2 Å². The fraction of sp³-hybridized carbons (Fsp3) is 0.0833. The van der Waals surface area contributed by atoms with E-state index in [9.17, 15) is 4.79 Å². The number of thiophene rings is 1. The maximum absolute atomic E-state index is 12.0. The van der Waals surface area contributed by atoms with Gasteiger partial charge in [-0.2, -0.15) is 0 Å².